The fraction of sp³-hybridized carbons (Fsp3) is 0.857. The maximum atomic E-state index is 12.1. The summed E-state index contributed by atoms with van der Waals surface area (Å²) in [6.07, 6.45) is 1.54. The van der Waals surface area contributed by atoms with Gasteiger partial charge in [0.05, 0.1) is 0 Å². The highest BCUT2D eigenvalue weighted by molar-refractivity contribution is 7.89. The number of sulfonamides is 1. The number of nitrogens with zero attached hydrogens (tertiary/aromatic N) is 1. The average molecular weight is 257 g/mol. The molecule has 1 aliphatic rings. The first kappa shape index (κ1) is 13.1. The maximum Gasteiger partial charge on any atom is 0.350 e. The summed E-state index contributed by atoms with van der Waals surface area (Å²) in [5, 5.41) is 11.2. The lowest BCUT2D eigenvalue weighted by Crippen LogP contribution is -2.44. The number of amidine groups is 1. The summed E-state index contributed by atoms with van der Waals surface area (Å²) < 4.78 is 48.0. The second-order valence-corrected chi connectivity index (χ2v) is 5.27. The van der Waals surface area contributed by atoms with Gasteiger partial charge in [-0.05, 0) is 12.8 Å². The van der Waals surface area contributed by atoms with E-state index in [2.05, 4.69) is 5.16 Å². The molecule has 0 bridgehead atoms. The van der Waals surface area contributed by atoms with Gasteiger partial charge in [0.15, 0.2) is 0 Å². The van der Waals surface area contributed by atoms with Crippen molar-refractivity contribution in [2.24, 2.45) is 16.8 Å². The number of oxime groups is 1. The zero-order valence-corrected chi connectivity index (χ0v) is 9.12. The third kappa shape index (κ3) is 2.79. The summed E-state index contributed by atoms with van der Waals surface area (Å²) in [7, 11) is -4.63. The van der Waals surface area contributed by atoms with E-state index < -0.39 is 27.7 Å². The van der Waals surface area contributed by atoms with Gasteiger partial charge in [0.25, 0.3) is 10.0 Å². The molecule has 16 heavy (non-hydrogen) atoms. The zero-order chi connectivity index (χ0) is 12.3. The Kier molecular flexibility index (Phi) is 4.03. The fourth-order valence-electron chi connectivity index (χ4n) is 1.79. The van der Waals surface area contributed by atoms with Crippen molar-refractivity contribution < 1.29 is 22.4 Å². The Bertz CT molecular complexity index is 371. The van der Waals surface area contributed by atoms with Crippen LogP contribution in [0.15, 0.2) is 5.16 Å². The van der Waals surface area contributed by atoms with E-state index in [-0.39, 0.29) is 5.84 Å². The molecule has 2 unspecified atom stereocenters. The van der Waals surface area contributed by atoms with Gasteiger partial charge in [-0.2, -0.15) is 8.78 Å². The summed E-state index contributed by atoms with van der Waals surface area (Å²) >= 11 is 0. The molecule has 94 valence electrons. The van der Waals surface area contributed by atoms with Crippen LogP contribution in [0, 0.1) is 5.92 Å². The number of hydrogen-bond donors (Lipinski definition) is 3. The van der Waals surface area contributed by atoms with Crippen molar-refractivity contribution in [3.63, 3.8) is 0 Å². The summed E-state index contributed by atoms with van der Waals surface area (Å²) in [6, 6.07) is -0.727. The molecule has 0 spiro atoms. The maximum absolute atomic E-state index is 12.1. The predicted molar refractivity (Wildman–Crippen MR) is 52.6 cm³/mol. The van der Waals surface area contributed by atoms with Crippen LogP contribution in [-0.4, -0.2) is 31.3 Å². The van der Waals surface area contributed by atoms with Crippen molar-refractivity contribution in [3.05, 3.63) is 0 Å². The molecule has 1 fully saturated rings. The number of nitrogens with two attached hydrogens (primary N) is 1. The van der Waals surface area contributed by atoms with Crippen LogP contribution >= 0.6 is 0 Å². The van der Waals surface area contributed by atoms with E-state index in [1.807, 2.05) is 4.72 Å². The summed E-state index contributed by atoms with van der Waals surface area (Å²) in [5.74, 6) is -4.14. The number of nitrogens with one attached hydrogen (secondary N) is 1. The molecule has 9 heteroatoms. The zero-order valence-electron chi connectivity index (χ0n) is 8.31. The number of rotatable bonds is 4. The molecule has 4 N–H and O–H groups in total. The molecule has 0 aromatic carbocycles. The lowest BCUT2D eigenvalue weighted by molar-refractivity contribution is 0.231. The van der Waals surface area contributed by atoms with Gasteiger partial charge < -0.3 is 10.9 Å². The molecular weight excluding hydrogens is 244 g/mol. The molecule has 0 aromatic heterocycles. The van der Waals surface area contributed by atoms with Gasteiger partial charge in [0.1, 0.15) is 5.84 Å². The van der Waals surface area contributed by atoms with Crippen LogP contribution in [-0.2, 0) is 10.0 Å². The lowest BCUT2D eigenvalue weighted by Gasteiger charge is -2.19. The first-order valence-electron chi connectivity index (χ1n) is 4.65. The van der Waals surface area contributed by atoms with Gasteiger partial charge in [0, 0.05) is 12.0 Å². The highest BCUT2D eigenvalue weighted by Crippen LogP contribution is 2.26. The van der Waals surface area contributed by atoms with E-state index in [1.54, 1.807) is 0 Å². The Balaban J connectivity index is 2.75. The van der Waals surface area contributed by atoms with Crippen LogP contribution < -0.4 is 10.5 Å². The number of alkyl halides is 2. The van der Waals surface area contributed by atoms with Crippen molar-refractivity contribution >= 4 is 15.9 Å². The van der Waals surface area contributed by atoms with Gasteiger partial charge in [-0.3, -0.25) is 0 Å². The van der Waals surface area contributed by atoms with E-state index >= 15 is 0 Å². The van der Waals surface area contributed by atoms with Gasteiger partial charge in [-0.25, -0.2) is 13.1 Å². The molecule has 0 aliphatic heterocycles. The summed E-state index contributed by atoms with van der Waals surface area (Å²) in [6.45, 7) is 0. The van der Waals surface area contributed by atoms with E-state index in [1.165, 1.54) is 0 Å². The predicted octanol–water partition coefficient (Wildman–Crippen LogP) is 0.0435. The van der Waals surface area contributed by atoms with Gasteiger partial charge in [-0.15, -0.1) is 0 Å². The summed E-state index contributed by atoms with van der Waals surface area (Å²) in [5.41, 5.74) is 5.34. The smallest absolute Gasteiger partial charge is 0.350 e. The minimum absolute atomic E-state index is 0.139. The topological polar surface area (TPSA) is 105 Å². The Hall–Kier alpha value is -0.960. The van der Waals surface area contributed by atoms with Crippen LogP contribution in [0.2, 0.25) is 0 Å². The van der Waals surface area contributed by atoms with Crippen molar-refractivity contribution in [1.29, 1.82) is 0 Å². The molecular formula is C7H13F2N3O3S. The van der Waals surface area contributed by atoms with Crippen LogP contribution in [0.3, 0.4) is 0 Å². The number of hydrogen-bond acceptors (Lipinski definition) is 4. The molecule has 2 atom stereocenters. The average Bonchev–Trinajstić information content (AvgIpc) is 2.63. The van der Waals surface area contributed by atoms with Crippen LogP contribution in [0.5, 0.6) is 0 Å². The third-order valence-corrected chi connectivity index (χ3v) is 3.66. The largest absolute Gasteiger partial charge is 0.409 e. The first-order chi connectivity index (χ1) is 7.38. The molecule has 0 saturated heterocycles. The third-order valence-electron chi connectivity index (χ3n) is 2.56. The van der Waals surface area contributed by atoms with Crippen molar-refractivity contribution in [2.75, 3.05) is 0 Å². The minimum Gasteiger partial charge on any atom is -0.409 e. The minimum atomic E-state index is -4.63. The molecule has 6 nitrogen and oxygen atoms in total. The van der Waals surface area contributed by atoms with E-state index in [0.717, 1.165) is 0 Å². The van der Waals surface area contributed by atoms with Crippen LogP contribution in [0.4, 0.5) is 8.78 Å². The standard InChI is InChI=1S/C7H13F2N3O3S/c8-7(9)16(14,15)12-5-3-1-2-4(5)6(10)11-13/h4-5,7,12-13H,1-3H2,(H2,10,11). The Labute approximate surface area is 91.5 Å². The first-order valence-corrected chi connectivity index (χ1v) is 6.20. The second-order valence-electron chi connectivity index (χ2n) is 3.59. The molecule has 0 radical (unpaired) electrons. The van der Waals surface area contributed by atoms with Crippen molar-refractivity contribution in [1.82, 2.24) is 4.72 Å². The normalized spacial score (nSPS) is 27.6. The van der Waals surface area contributed by atoms with E-state index in [4.69, 9.17) is 10.9 Å². The van der Waals surface area contributed by atoms with E-state index in [9.17, 15) is 17.2 Å². The Morgan fingerprint density at radius 1 is 1.50 bits per heavy atom. The van der Waals surface area contributed by atoms with Crippen LogP contribution in [0.1, 0.15) is 19.3 Å². The second kappa shape index (κ2) is 4.91. The molecule has 1 aliphatic carbocycles. The monoisotopic (exact) mass is 257 g/mol. The molecule has 1 saturated carbocycles. The molecule has 0 amide bonds. The lowest BCUT2D eigenvalue weighted by atomic mass is 10.0. The molecule has 1 rings (SSSR count). The highest BCUT2D eigenvalue weighted by Gasteiger charge is 2.36. The highest BCUT2D eigenvalue weighted by atomic mass is 32.2. The van der Waals surface area contributed by atoms with Gasteiger partial charge in [-0.1, -0.05) is 11.6 Å². The van der Waals surface area contributed by atoms with E-state index in [0.29, 0.717) is 19.3 Å². The SMILES string of the molecule is NC(=NO)C1CCCC1NS(=O)(=O)C(F)F. The van der Waals surface area contributed by atoms with Gasteiger partial charge in [0.2, 0.25) is 0 Å². The fourth-order valence-corrected chi connectivity index (χ4v) is 2.60. The van der Waals surface area contributed by atoms with Gasteiger partial charge >= 0.3 is 5.76 Å². The Morgan fingerprint density at radius 3 is 2.62 bits per heavy atom. The number of halogens is 2. The Morgan fingerprint density at radius 2 is 2.12 bits per heavy atom. The van der Waals surface area contributed by atoms with Crippen molar-refractivity contribution in [2.45, 2.75) is 31.1 Å². The summed E-state index contributed by atoms with van der Waals surface area (Å²) in [4.78, 5) is 0. The molecule has 0 aromatic rings. The molecule has 0 heterocycles. The van der Waals surface area contributed by atoms with Crippen LogP contribution in [0.25, 0.3) is 0 Å². The van der Waals surface area contributed by atoms with Crippen molar-refractivity contribution in [3.8, 4) is 0 Å². The quantitative estimate of drug-likeness (QED) is 0.286.